The molecule has 1 aromatic carbocycles. The second-order valence-corrected chi connectivity index (χ2v) is 7.91. The number of ether oxygens (including phenoxy) is 3. The fourth-order valence-corrected chi connectivity index (χ4v) is 5.03. The van der Waals surface area contributed by atoms with Gasteiger partial charge >= 0.3 is 6.16 Å². The number of carbonyl (C=O) groups is 1. The van der Waals surface area contributed by atoms with Crippen LogP contribution in [0.2, 0.25) is 0 Å². The summed E-state index contributed by atoms with van der Waals surface area (Å²) >= 11 is 0. The van der Waals surface area contributed by atoms with E-state index in [1.54, 1.807) is 20.2 Å². The van der Waals surface area contributed by atoms with Crippen LogP contribution >= 0.6 is 0 Å². The lowest BCUT2D eigenvalue weighted by atomic mass is 9.73. The summed E-state index contributed by atoms with van der Waals surface area (Å²) in [7, 11) is 1.65. The van der Waals surface area contributed by atoms with Gasteiger partial charge in [-0.25, -0.2) is 4.79 Å². The van der Waals surface area contributed by atoms with E-state index in [-0.39, 0.29) is 6.04 Å². The molecular formula is C23H29N2O4+. The molecule has 1 unspecified atom stereocenters. The highest BCUT2D eigenvalue weighted by molar-refractivity contribution is 5.84. The van der Waals surface area contributed by atoms with E-state index < -0.39 is 12.3 Å². The number of nitrogens with zero attached hydrogens (tertiary/aromatic N) is 1. The Balaban J connectivity index is 1.75. The van der Waals surface area contributed by atoms with Gasteiger partial charge in [0.25, 0.3) is 0 Å². The van der Waals surface area contributed by atoms with Crippen LogP contribution in [0.3, 0.4) is 0 Å². The van der Waals surface area contributed by atoms with E-state index in [1.165, 1.54) is 11.3 Å². The summed E-state index contributed by atoms with van der Waals surface area (Å²) < 4.78 is 16.5. The molecule has 0 spiro atoms. The summed E-state index contributed by atoms with van der Waals surface area (Å²) in [5.41, 5.74) is 1.82. The molecule has 0 amide bonds. The lowest BCUT2D eigenvalue weighted by Gasteiger charge is -2.48. The highest BCUT2D eigenvalue weighted by atomic mass is 16.7. The van der Waals surface area contributed by atoms with Crippen LogP contribution in [0.1, 0.15) is 31.4 Å². The van der Waals surface area contributed by atoms with Crippen molar-refractivity contribution in [2.75, 3.05) is 26.8 Å². The summed E-state index contributed by atoms with van der Waals surface area (Å²) in [6.07, 6.45) is 5.06. The molecule has 1 aromatic heterocycles. The first-order valence-corrected chi connectivity index (χ1v) is 10.4. The summed E-state index contributed by atoms with van der Waals surface area (Å²) in [5.74, 6) is 1.88. The Morgan fingerprint density at radius 3 is 2.97 bits per heavy atom. The Bertz CT molecular complexity index is 900. The third kappa shape index (κ3) is 3.81. The first kappa shape index (κ1) is 19.7. The molecule has 6 nitrogen and oxygen atoms in total. The molecule has 2 aromatic rings. The van der Waals surface area contributed by atoms with Crippen LogP contribution in [0.25, 0.3) is 10.9 Å². The molecule has 6 heteroatoms. The molecule has 29 heavy (non-hydrogen) atoms. The molecule has 0 radical (unpaired) electrons. The first-order chi connectivity index (χ1) is 14.1. The number of aromatic nitrogens is 1. The van der Waals surface area contributed by atoms with Gasteiger partial charge in [-0.05, 0) is 37.1 Å². The summed E-state index contributed by atoms with van der Waals surface area (Å²) in [5, 5.41) is 0.948. The highest BCUT2D eigenvalue weighted by Gasteiger charge is 2.47. The van der Waals surface area contributed by atoms with Gasteiger partial charge < -0.3 is 19.1 Å². The molecule has 0 aliphatic carbocycles. The fraction of sp³-hybridized carbons (Fsp3) is 0.478. The number of methoxy groups -OCH3 is 1. The second-order valence-electron chi connectivity index (χ2n) is 7.91. The number of hydrogen-bond donors (Lipinski definition) is 1. The number of fused-ring (bicyclic) bond motifs is 4. The average molecular weight is 397 g/mol. The Labute approximate surface area is 171 Å². The van der Waals surface area contributed by atoms with Gasteiger partial charge in [0.05, 0.1) is 32.3 Å². The van der Waals surface area contributed by atoms with Crippen molar-refractivity contribution >= 4 is 17.1 Å². The zero-order valence-electron chi connectivity index (χ0n) is 17.1. The molecule has 3 aliphatic heterocycles. The second kappa shape index (κ2) is 8.41. The van der Waals surface area contributed by atoms with Crippen molar-refractivity contribution in [2.45, 2.75) is 31.9 Å². The van der Waals surface area contributed by atoms with Crippen molar-refractivity contribution in [2.24, 2.45) is 11.8 Å². The number of carbonyl (C=O) groups excluding carboxylic acids is 1. The number of nitrogens with one attached hydrogen (secondary N) is 1. The number of quaternary nitrogens is 1. The zero-order valence-corrected chi connectivity index (χ0v) is 17.1. The van der Waals surface area contributed by atoms with Gasteiger partial charge in [-0.3, -0.25) is 4.98 Å². The third-order valence-electron chi connectivity index (χ3n) is 6.46. The van der Waals surface area contributed by atoms with E-state index in [4.69, 9.17) is 14.2 Å². The summed E-state index contributed by atoms with van der Waals surface area (Å²) in [4.78, 5) is 18.3. The van der Waals surface area contributed by atoms with E-state index in [0.29, 0.717) is 18.4 Å². The van der Waals surface area contributed by atoms with Gasteiger partial charge in [-0.15, -0.1) is 6.58 Å². The van der Waals surface area contributed by atoms with Crippen molar-refractivity contribution in [1.29, 1.82) is 0 Å². The molecule has 2 bridgehead atoms. The zero-order chi connectivity index (χ0) is 20.4. The van der Waals surface area contributed by atoms with Crippen LogP contribution < -0.4 is 9.64 Å². The number of piperidine rings is 3. The fourth-order valence-electron chi connectivity index (χ4n) is 5.03. The quantitative estimate of drug-likeness (QED) is 0.600. The molecule has 1 N–H and O–H groups in total. The molecule has 154 valence electrons. The number of hydrogen-bond acceptors (Lipinski definition) is 5. The van der Waals surface area contributed by atoms with Crippen LogP contribution in [0, 0.1) is 11.8 Å². The van der Waals surface area contributed by atoms with Gasteiger partial charge in [0.15, 0.2) is 6.10 Å². The molecule has 4 heterocycles. The van der Waals surface area contributed by atoms with Crippen molar-refractivity contribution in [3.05, 3.63) is 48.7 Å². The Kier molecular flexibility index (Phi) is 5.72. The maximum absolute atomic E-state index is 12.3. The van der Waals surface area contributed by atoms with Crippen LogP contribution in [0.4, 0.5) is 4.79 Å². The maximum Gasteiger partial charge on any atom is 0.509 e. The third-order valence-corrected chi connectivity index (χ3v) is 6.46. The van der Waals surface area contributed by atoms with Gasteiger partial charge in [-0.1, -0.05) is 6.08 Å². The number of benzene rings is 1. The van der Waals surface area contributed by atoms with E-state index >= 15 is 0 Å². The van der Waals surface area contributed by atoms with Crippen molar-refractivity contribution < 1.29 is 23.9 Å². The van der Waals surface area contributed by atoms with E-state index in [9.17, 15) is 4.79 Å². The van der Waals surface area contributed by atoms with Crippen LogP contribution in [-0.2, 0) is 9.47 Å². The van der Waals surface area contributed by atoms with E-state index in [0.717, 1.165) is 41.7 Å². The van der Waals surface area contributed by atoms with E-state index in [2.05, 4.69) is 17.6 Å². The van der Waals surface area contributed by atoms with Gasteiger partial charge in [0.1, 0.15) is 11.8 Å². The Morgan fingerprint density at radius 2 is 2.28 bits per heavy atom. The predicted octanol–water partition coefficient (Wildman–Crippen LogP) is 2.94. The Hall–Kier alpha value is -2.60. The number of rotatable bonds is 6. The molecule has 3 aliphatic rings. The number of pyridine rings is 1. The highest BCUT2D eigenvalue weighted by Crippen LogP contribution is 2.36. The first-order valence-electron chi connectivity index (χ1n) is 10.4. The van der Waals surface area contributed by atoms with Crippen molar-refractivity contribution in [3.63, 3.8) is 0 Å². The molecular weight excluding hydrogens is 368 g/mol. The standard InChI is InChI=1S/C23H28N2O4/c1-4-15-14-25-11-9-16(15)12-21(25)22(29-23(26)28-5-2)18-8-10-24-20-7-6-17(27-3)13-19(18)20/h4,6-8,10,13,15-16,21-22H,1,5,9,11-12,14H2,2-3H3/p+1/t15-,16-,21-,22-/m0/s1. The minimum atomic E-state index is -0.618. The minimum Gasteiger partial charge on any atom is -0.497 e. The molecule has 3 saturated heterocycles. The molecule has 5 atom stereocenters. The lowest BCUT2D eigenvalue weighted by Crippen LogP contribution is -3.20. The molecule has 3 fully saturated rings. The Morgan fingerprint density at radius 1 is 1.41 bits per heavy atom. The van der Waals surface area contributed by atoms with Gasteiger partial charge in [0, 0.05) is 35.9 Å². The monoisotopic (exact) mass is 397 g/mol. The topological polar surface area (TPSA) is 62.1 Å². The van der Waals surface area contributed by atoms with Crippen LogP contribution in [0.5, 0.6) is 5.75 Å². The summed E-state index contributed by atoms with van der Waals surface area (Å²) in [6.45, 7) is 8.23. The lowest BCUT2D eigenvalue weighted by molar-refractivity contribution is -0.949. The normalized spacial score (nSPS) is 26.7. The maximum atomic E-state index is 12.3. The summed E-state index contributed by atoms with van der Waals surface area (Å²) in [6, 6.07) is 7.95. The van der Waals surface area contributed by atoms with E-state index in [1.807, 2.05) is 24.3 Å². The van der Waals surface area contributed by atoms with Gasteiger partial charge in [0.2, 0.25) is 0 Å². The SMILES string of the molecule is C=C[C@H]1C[NH+]2CC[C@H]1C[C@H]2[C@@H](OC(=O)OCC)c1ccnc2ccc(OC)cc12. The smallest absolute Gasteiger partial charge is 0.497 e. The minimum absolute atomic E-state index is 0.186. The van der Waals surface area contributed by atoms with Crippen molar-refractivity contribution in [3.8, 4) is 5.75 Å². The largest absolute Gasteiger partial charge is 0.509 e. The van der Waals surface area contributed by atoms with Crippen molar-refractivity contribution in [1.82, 2.24) is 4.98 Å². The molecule has 5 rings (SSSR count). The average Bonchev–Trinajstić information content (AvgIpc) is 2.77. The predicted molar refractivity (Wildman–Crippen MR) is 110 cm³/mol. The molecule has 0 saturated carbocycles. The van der Waals surface area contributed by atoms with Crippen LogP contribution in [0.15, 0.2) is 43.1 Å². The van der Waals surface area contributed by atoms with Gasteiger partial charge in [-0.2, -0.15) is 0 Å². The van der Waals surface area contributed by atoms with Crippen LogP contribution in [-0.4, -0.2) is 44.0 Å².